The van der Waals surface area contributed by atoms with Gasteiger partial charge < -0.3 is 24.8 Å². The van der Waals surface area contributed by atoms with E-state index in [9.17, 15) is 9.59 Å². The van der Waals surface area contributed by atoms with Gasteiger partial charge in [0, 0.05) is 19.6 Å². The fraction of sp³-hybridized carbons (Fsp3) is 0.476. The number of imidazole rings is 1. The molecule has 0 aliphatic carbocycles. The quantitative estimate of drug-likeness (QED) is 0.710. The van der Waals surface area contributed by atoms with Gasteiger partial charge >= 0.3 is 0 Å². The molecule has 156 valence electrons. The Morgan fingerprint density at radius 3 is 2.76 bits per heavy atom. The summed E-state index contributed by atoms with van der Waals surface area (Å²) in [6, 6.07) is 7.29. The van der Waals surface area contributed by atoms with E-state index in [0.717, 1.165) is 31.5 Å². The Morgan fingerprint density at radius 1 is 1.21 bits per heavy atom. The average molecular weight is 399 g/mol. The number of likely N-dealkylation sites (N-methyl/N-ethyl adjacent to an activating group) is 1. The Morgan fingerprint density at radius 2 is 2.00 bits per heavy atom. The summed E-state index contributed by atoms with van der Waals surface area (Å²) < 4.78 is 7.46. The number of ether oxygens (including phenoxy) is 1. The number of aromatic nitrogens is 2. The van der Waals surface area contributed by atoms with Crippen LogP contribution >= 0.6 is 0 Å². The zero-order valence-corrected chi connectivity index (χ0v) is 17.3. The summed E-state index contributed by atoms with van der Waals surface area (Å²) >= 11 is 0. The molecule has 1 aromatic heterocycles. The molecular formula is C21H29N5O3. The summed E-state index contributed by atoms with van der Waals surface area (Å²) in [5, 5.41) is 5.79. The fourth-order valence-electron chi connectivity index (χ4n) is 3.40. The lowest BCUT2D eigenvalue weighted by molar-refractivity contribution is 0.0945. The zero-order chi connectivity index (χ0) is 20.8. The number of nitrogens with one attached hydrogen (secondary N) is 2. The lowest BCUT2D eigenvalue weighted by Gasteiger charge is -2.17. The van der Waals surface area contributed by atoms with E-state index in [2.05, 4.69) is 15.6 Å². The van der Waals surface area contributed by atoms with Crippen LogP contribution in [0.5, 0.6) is 5.75 Å². The van der Waals surface area contributed by atoms with E-state index in [1.807, 2.05) is 48.7 Å². The molecule has 29 heavy (non-hydrogen) atoms. The monoisotopic (exact) mass is 399 g/mol. The summed E-state index contributed by atoms with van der Waals surface area (Å²) in [5.41, 5.74) is 1.78. The summed E-state index contributed by atoms with van der Waals surface area (Å²) in [5.74, 6) is 0.304. The molecule has 2 aromatic rings. The Bertz CT molecular complexity index is 875. The van der Waals surface area contributed by atoms with Crippen molar-refractivity contribution in [2.24, 2.45) is 0 Å². The second-order valence-corrected chi connectivity index (χ2v) is 7.28. The van der Waals surface area contributed by atoms with Crippen LogP contribution in [0.15, 0.2) is 24.3 Å². The van der Waals surface area contributed by atoms with Crippen molar-refractivity contribution >= 4 is 17.5 Å². The van der Waals surface area contributed by atoms with Crippen molar-refractivity contribution in [2.45, 2.75) is 32.7 Å². The molecule has 8 heteroatoms. The molecule has 8 nitrogen and oxygen atoms in total. The van der Waals surface area contributed by atoms with Crippen molar-refractivity contribution in [1.82, 2.24) is 19.8 Å². The van der Waals surface area contributed by atoms with Gasteiger partial charge in [0.15, 0.2) is 5.82 Å². The highest BCUT2D eigenvalue weighted by molar-refractivity contribution is 6.04. The smallest absolute Gasteiger partial charge is 0.291 e. The average Bonchev–Trinajstić information content (AvgIpc) is 3.09. The molecule has 1 aromatic carbocycles. The molecule has 2 heterocycles. The molecule has 0 saturated heterocycles. The van der Waals surface area contributed by atoms with Gasteiger partial charge in [0.05, 0.1) is 18.0 Å². The minimum Gasteiger partial charge on any atom is -0.492 e. The second-order valence-electron chi connectivity index (χ2n) is 7.28. The van der Waals surface area contributed by atoms with Gasteiger partial charge in [-0.05, 0) is 52.4 Å². The molecule has 0 radical (unpaired) electrons. The highest BCUT2D eigenvalue weighted by Crippen LogP contribution is 2.26. The first-order valence-electron chi connectivity index (χ1n) is 10.1. The first-order chi connectivity index (χ1) is 14.0. The Labute approximate surface area is 171 Å². The highest BCUT2D eigenvalue weighted by Gasteiger charge is 2.27. The van der Waals surface area contributed by atoms with Crippen LogP contribution in [0, 0.1) is 0 Å². The van der Waals surface area contributed by atoms with Crippen LogP contribution in [0.25, 0.3) is 0 Å². The number of hydrogen-bond donors (Lipinski definition) is 2. The van der Waals surface area contributed by atoms with E-state index < -0.39 is 0 Å². The summed E-state index contributed by atoms with van der Waals surface area (Å²) in [6.07, 6.45) is 2.69. The van der Waals surface area contributed by atoms with Crippen molar-refractivity contribution in [2.75, 3.05) is 39.1 Å². The van der Waals surface area contributed by atoms with Crippen LogP contribution in [0.4, 0.5) is 5.69 Å². The number of para-hydroxylation sites is 2. The third kappa shape index (κ3) is 4.95. The summed E-state index contributed by atoms with van der Waals surface area (Å²) in [7, 11) is 3.90. The minimum absolute atomic E-state index is 0.230. The number of anilines is 1. The number of carbonyl (C=O) groups is 2. The van der Waals surface area contributed by atoms with Gasteiger partial charge in [-0.2, -0.15) is 0 Å². The van der Waals surface area contributed by atoms with Crippen LogP contribution in [0.2, 0.25) is 0 Å². The molecule has 0 saturated carbocycles. The van der Waals surface area contributed by atoms with Gasteiger partial charge in [-0.25, -0.2) is 4.98 Å². The van der Waals surface area contributed by atoms with Gasteiger partial charge in [0.25, 0.3) is 11.8 Å². The molecule has 3 rings (SSSR count). The molecule has 0 fully saturated rings. The molecule has 1 aliphatic rings. The molecule has 0 atom stereocenters. The number of nitrogens with zero attached hydrogens (tertiary/aromatic N) is 3. The maximum atomic E-state index is 13.0. The third-order valence-electron chi connectivity index (χ3n) is 4.82. The standard InChI is InChI=1S/C21H29N5O3/c1-4-29-17-11-6-5-9-15(17)23-21(28)19-24-18(16-10-7-8-13-26(16)19)20(27)22-12-14-25(2)3/h5-6,9,11H,4,7-8,10,12-14H2,1-3H3,(H,22,27)(H,23,28). The lowest BCUT2D eigenvalue weighted by atomic mass is 10.1. The number of carbonyl (C=O) groups excluding carboxylic acids is 2. The number of fused-ring (bicyclic) bond motifs is 1. The maximum absolute atomic E-state index is 13.0. The first-order valence-corrected chi connectivity index (χ1v) is 10.1. The van der Waals surface area contributed by atoms with E-state index >= 15 is 0 Å². The predicted octanol–water partition coefficient (Wildman–Crippen LogP) is 2.16. The topological polar surface area (TPSA) is 88.5 Å². The number of amides is 2. The molecular weight excluding hydrogens is 370 g/mol. The van der Waals surface area contributed by atoms with Crippen LogP contribution in [0.3, 0.4) is 0 Å². The van der Waals surface area contributed by atoms with Gasteiger partial charge in [-0.15, -0.1) is 0 Å². The number of rotatable bonds is 8. The SMILES string of the molecule is CCOc1ccccc1NC(=O)c1nc(C(=O)NCCN(C)C)c2n1CCCC2. The molecule has 0 spiro atoms. The molecule has 0 bridgehead atoms. The summed E-state index contributed by atoms with van der Waals surface area (Å²) in [4.78, 5) is 32.1. The molecule has 1 aliphatic heterocycles. The Kier molecular flexibility index (Phi) is 6.87. The van der Waals surface area contributed by atoms with E-state index in [-0.39, 0.29) is 17.6 Å². The lowest BCUT2D eigenvalue weighted by Crippen LogP contribution is -2.32. The van der Waals surface area contributed by atoms with Crippen molar-refractivity contribution < 1.29 is 14.3 Å². The normalized spacial score (nSPS) is 13.1. The largest absolute Gasteiger partial charge is 0.492 e. The van der Waals surface area contributed by atoms with Crippen molar-refractivity contribution in [3.8, 4) is 5.75 Å². The van der Waals surface area contributed by atoms with Crippen molar-refractivity contribution in [3.63, 3.8) is 0 Å². The van der Waals surface area contributed by atoms with Crippen LogP contribution in [-0.4, -0.2) is 60.1 Å². The van der Waals surface area contributed by atoms with Gasteiger partial charge in [0.2, 0.25) is 0 Å². The van der Waals surface area contributed by atoms with E-state index in [4.69, 9.17) is 4.74 Å². The van der Waals surface area contributed by atoms with E-state index in [0.29, 0.717) is 36.8 Å². The second kappa shape index (κ2) is 9.56. The van der Waals surface area contributed by atoms with Crippen LogP contribution in [-0.2, 0) is 13.0 Å². The van der Waals surface area contributed by atoms with Crippen molar-refractivity contribution in [1.29, 1.82) is 0 Å². The van der Waals surface area contributed by atoms with Crippen LogP contribution in [0.1, 0.15) is 46.6 Å². The zero-order valence-electron chi connectivity index (χ0n) is 17.3. The van der Waals surface area contributed by atoms with Gasteiger partial charge in [0.1, 0.15) is 11.4 Å². The first kappa shape index (κ1) is 20.9. The summed E-state index contributed by atoms with van der Waals surface area (Å²) in [6.45, 7) is 4.35. The predicted molar refractivity (Wildman–Crippen MR) is 112 cm³/mol. The van der Waals surface area contributed by atoms with E-state index in [1.54, 1.807) is 6.07 Å². The molecule has 0 unspecified atom stereocenters. The Balaban J connectivity index is 1.83. The highest BCUT2D eigenvalue weighted by atomic mass is 16.5. The number of hydrogen-bond acceptors (Lipinski definition) is 5. The van der Waals surface area contributed by atoms with Gasteiger partial charge in [-0.1, -0.05) is 12.1 Å². The van der Waals surface area contributed by atoms with Crippen molar-refractivity contribution in [3.05, 3.63) is 41.5 Å². The van der Waals surface area contributed by atoms with Gasteiger partial charge in [-0.3, -0.25) is 9.59 Å². The molecule has 2 N–H and O–H groups in total. The maximum Gasteiger partial charge on any atom is 0.291 e. The van der Waals surface area contributed by atoms with Crippen LogP contribution < -0.4 is 15.4 Å². The fourth-order valence-corrected chi connectivity index (χ4v) is 3.40. The molecule has 2 amide bonds. The Hall–Kier alpha value is -2.87. The third-order valence-corrected chi connectivity index (χ3v) is 4.82. The minimum atomic E-state index is -0.340. The van der Waals surface area contributed by atoms with E-state index in [1.165, 1.54) is 0 Å². The number of benzene rings is 1.